The molecule has 4 rings (SSSR count). The van der Waals surface area contributed by atoms with E-state index in [4.69, 9.17) is 0 Å². The van der Waals surface area contributed by atoms with E-state index in [9.17, 15) is 13.2 Å². The summed E-state index contributed by atoms with van der Waals surface area (Å²) in [6.45, 7) is 9.92. The quantitative estimate of drug-likeness (QED) is 0.575. The van der Waals surface area contributed by atoms with Crippen LogP contribution < -0.4 is 10.5 Å². The van der Waals surface area contributed by atoms with E-state index in [0.29, 0.717) is 42.8 Å². The molecule has 33 heavy (non-hydrogen) atoms. The van der Waals surface area contributed by atoms with Crippen LogP contribution in [-0.2, 0) is 10.0 Å². The van der Waals surface area contributed by atoms with Crippen LogP contribution in [0.1, 0.15) is 36.5 Å². The van der Waals surface area contributed by atoms with Crippen LogP contribution in [0, 0.1) is 13.8 Å². The summed E-state index contributed by atoms with van der Waals surface area (Å²) in [7, 11) is -3.55. The smallest absolute Gasteiger partial charge is 0.271 e. The van der Waals surface area contributed by atoms with Crippen molar-refractivity contribution in [2.45, 2.75) is 38.5 Å². The van der Waals surface area contributed by atoms with Crippen LogP contribution in [0.15, 0.2) is 64.3 Å². The van der Waals surface area contributed by atoms with Crippen LogP contribution in [0.5, 0.6) is 0 Å². The third-order valence-corrected chi connectivity index (χ3v) is 8.18. The summed E-state index contributed by atoms with van der Waals surface area (Å²) in [6, 6.07) is 16.2. The fourth-order valence-corrected chi connectivity index (χ4v) is 5.37. The third-order valence-electron chi connectivity index (χ3n) is 6.27. The highest BCUT2D eigenvalue weighted by molar-refractivity contribution is 7.89. The zero-order valence-electron chi connectivity index (χ0n) is 19.5. The molecule has 1 saturated heterocycles. The summed E-state index contributed by atoms with van der Waals surface area (Å²) >= 11 is 0. The number of aryl methyl sites for hydroxylation is 2. The van der Waals surface area contributed by atoms with E-state index < -0.39 is 10.0 Å². The second kappa shape index (κ2) is 9.11. The van der Waals surface area contributed by atoms with Crippen molar-refractivity contribution < 1.29 is 8.42 Å². The highest BCUT2D eigenvalue weighted by Gasteiger charge is 2.29. The molecule has 0 N–H and O–H groups in total. The highest BCUT2D eigenvalue weighted by atomic mass is 32.2. The first kappa shape index (κ1) is 23.2. The van der Waals surface area contributed by atoms with Gasteiger partial charge in [-0.3, -0.25) is 4.79 Å². The Labute approximate surface area is 195 Å². The standard InChI is InChI=1S/C25H30N4O3S/c1-18(2)21-6-9-23(10-7-21)33(31,32)28-15-13-27(14-16-28)24-11-12-25(30)29(26-24)22-8-5-19(3)20(4)17-22/h5-12,17-18H,13-16H2,1-4H3. The van der Waals surface area contributed by atoms with E-state index in [2.05, 4.69) is 18.9 Å². The van der Waals surface area contributed by atoms with Crippen molar-refractivity contribution in [2.75, 3.05) is 31.1 Å². The molecule has 0 aliphatic carbocycles. The van der Waals surface area contributed by atoms with Crippen LogP contribution in [0.4, 0.5) is 5.82 Å². The van der Waals surface area contributed by atoms with Gasteiger partial charge >= 0.3 is 0 Å². The molecule has 0 amide bonds. The summed E-state index contributed by atoms with van der Waals surface area (Å²) in [4.78, 5) is 14.8. The number of benzene rings is 2. The molecule has 1 fully saturated rings. The predicted octanol–water partition coefficient (Wildman–Crippen LogP) is 3.48. The Bertz CT molecular complexity index is 1310. The van der Waals surface area contributed by atoms with E-state index in [1.807, 2.05) is 49.1 Å². The van der Waals surface area contributed by atoms with Gasteiger partial charge in [-0.15, -0.1) is 5.10 Å². The maximum atomic E-state index is 13.1. The van der Waals surface area contributed by atoms with Crippen molar-refractivity contribution >= 4 is 15.8 Å². The van der Waals surface area contributed by atoms with Gasteiger partial charge in [0.2, 0.25) is 10.0 Å². The fourth-order valence-electron chi connectivity index (χ4n) is 3.94. The maximum absolute atomic E-state index is 13.1. The van der Waals surface area contributed by atoms with E-state index in [1.165, 1.54) is 15.1 Å². The number of piperazine rings is 1. The minimum Gasteiger partial charge on any atom is -0.353 e. The molecule has 0 spiro atoms. The largest absolute Gasteiger partial charge is 0.353 e. The molecule has 2 aromatic carbocycles. The van der Waals surface area contributed by atoms with Gasteiger partial charge in [-0.05, 0) is 66.8 Å². The SMILES string of the molecule is Cc1ccc(-n2nc(N3CCN(S(=O)(=O)c4ccc(C(C)C)cc4)CC3)ccc2=O)cc1C. The first-order valence-corrected chi connectivity index (χ1v) is 12.6. The summed E-state index contributed by atoms with van der Waals surface area (Å²) < 4.78 is 29.1. The zero-order valence-corrected chi connectivity index (χ0v) is 20.3. The predicted molar refractivity (Wildman–Crippen MR) is 131 cm³/mol. The number of hydrogen-bond donors (Lipinski definition) is 0. The molecule has 0 atom stereocenters. The van der Waals surface area contributed by atoms with E-state index >= 15 is 0 Å². The van der Waals surface area contributed by atoms with Gasteiger partial charge in [0.1, 0.15) is 5.82 Å². The van der Waals surface area contributed by atoms with Crippen molar-refractivity contribution in [3.63, 3.8) is 0 Å². The number of nitrogens with zero attached hydrogens (tertiary/aromatic N) is 4. The monoisotopic (exact) mass is 466 g/mol. The van der Waals surface area contributed by atoms with Crippen molar-refractivity contribution in [1.82, 2.24) is 14.1 Å². The molecule has 0 bridgehead atoms. The van der Waals surface area contributed by atoms with Gasteiger partial charge < -0.3 is 4.90 Å². The lowest BCUT2D eigenvalue weighted by atomic mass is 10.0. The number of rotatable bonds is 5. The number of hydrogen-bond acceptors (Lipinski definition) is 5. The highest BCUT2D eigenvalue weighted by Crippen LogP contribution is 2.22. The Kier molecular flexibility index (Phi) is 6.41. The van der Waals surface area contributed by atoms with Crippen LogP contribution in [-0.4, -0.2) is 48.7 Å². The molecule has 7 nitrogen and oxygen atoms in total. The average molecular weight is 467 g/mol. The van der Waals surface area contributed by atoms with Crippen molar-refractivity contribution in [3.05, 3.63) is 81.6 Å². The van der Waals surface area contributed by atoms with Crippen molar-refractivity contribution in [1.29, 1.82) is 0 Å². The second-order valence-corrected chi connectivity index (χ2v) is 10.8. The van der Waals surface area contributed by atoms with Gasteiger partial charge in [0, 0.05) is 32.2 Å². The number of anilines is 1. The Balaban J connectivity index is 1.51. The normalized spacial score (nSPS) is 15.2. The first-order chi connectivity index (χ1) is 15.7. The molecular formula is C25H30N4O3S. The fraction of sp³-hybridized carbons (Fsp3) is 0.360. The van der Waals surface area contributed by atoms with Crippen molar-refractivity contribution in [2.24, 2.45) is 0 Å². The Hall–Kier alpha value is -2.97. The van der Waals surface area contributed by atoms with E-state index in [0.717, 1.165) is 22.4 Å². The van der Waals surface area contributed by atoms with E-state index in [1.54, 1.807) is 18.2 Å². The average Bonchev–Trinajstić information content (AvgIpc) is 2.81. The Morgan fingerprint density at radius 2 is 1.52 bits per heavy atom. The van der Waals surface area contributed by atoms with Gasteiger partial charge in [-0.2, -0.15) is 8.99 Å². The molecule has 0 unspecified atom stereocenters. The topological polar surface area (TPSA) is 75.5 Å². The minimum atomic E-state index is -3.55. The summed E-state index contributed by atoms with van der Waals surface area (Å²) in [6.07, 6.45) is 0. The molecule has 0 radical (unpaired) electrons. The number of aromatic nitrogens is 2. The third kappa shape index (κ3) is 4.72. The maximum Gasteiger partial charge on any atom is 0.271 e. The van der Waals surface area contributed by atoms with E-state index in [-0.39, 0.29) is 5.56 Å². The van der Waals surface area contributed by atoms with Gasteiger partial charge in [0.15, 0.2) is 0 Å². The van der Waals surface area contributed by atoms with Gasteiger partial charge in [-0.25, -0.2) is 8.42 Å². The Morgan fingerprint density at radius 1 is 0.848 bits per heavy atom. The summed E-state index contributed by atoms with van der Waals surface area (Å²) in [5.74, 6) is 1.01. The van der Waals surface area contributed by atoms with Crippen LogP contribution in [0.2, 0.25) is 0 Å². The minimum absolute atomic E-state index is 0.201. The second-order valence-electron chi connectivity index (χ2n) is 8.83. The molecule has 2 heterocycles. The van der Waals surface area contributed by atoms with Crippen LogP contribution in [0.3, 0.4) is 0 Å². The molecule has 1 aliphatic heterocycles. The summed E-state index contributed by atoms with van der Waals surface area (Å²) in [5, 5.41) is 4.57. The summed E-state index contributed by atoms with van der Waals surface area (Å²) in [5.41, 5.74) is 3.87. The molecule has 1 aliphatic rings. The molecular weight excluding hydrogens is 436 g/mol. The number of sulfonamides is 1. The van der Waals surface area contributed by atoms with Gasteiger partial charge in [0.05, 0.1) is 10.6 Å². The van der Waals surface area contributed by atoms with Crippen LogP contribution in [0.25, 0.3) is 5.69 Å². The molecule has 0 saturated carbocycles. The zero-order chi connectivity index (χ0) is 23.8. The molecule has 3 aromatic rings. The van der Waals surface area contributed by atoms with Crippen LogP contribution >= 0.6 is 0 Å². The lowest BCUT2D eigenvalue weighted by Crippen LogP contribution is -2.49. The Morgan fingerprint density at radius 3 is 2.12 bits per heavy atom. The molecule has 8 heteroatoms. The van der Waals surface area contributed by atoms with Gasteiger partial charge in [-0.1, -0.05) is 32.0 Å². The lowest BCUT2D eigenvalue weighted by Gasteiger charge is -2.34. The first-order valence-electron chi connectivity index (χ1n) is 11.2. The molecule has 1 aromatic heterocycles. The molecule has 174 valence electrons. The lowest BCUT2D eigenvalue weighted by molar-refractivity contribution is 0.383. The van der Waals surface area contributed by atoms with Crippen molar-refractivity contribution in [3.8, 4) is 5.69 Å². The van der Waals surface area contributed by atoms with Gasteiger partial charge in [0.25, 0.3) is 5.56 Å².